The van der Waals surface area contributed by atoms with Crippen molar-refractivity contribution in [2.45, 2.75) is 0 Å². The Labute approximate surface area is 144 Å². The summed E-state index contributed by atoms with van der Waals surface area (Å²) >= 11 is 0. The highest BCUT2D eigenvalue weighted by molar-refractivity contribution is 5.92. The molecule has 1 aliphatic rings. The van der Waals surface area contributed by atoms with Crippen LogP contribution in [0.3, 0.4) is 0 Å². The minimum Gasteiger partial charge on any atom is -0.633 e. The number of fused-ring (bicyclic) bond motifs is 1. The van der Waals surface area contributed by atoms with E-state index in [9.17, 15) is 10.0 Å². The molecule has 0 saturated carbocycles. The van der Waals surface area contributed by atoms with Gasteiger partial charge in [-0.2, -0.15) is 0 Å². The lowest BCUT2D eigenvalue weighted by Crippen LogP contribution is -2.55. The number of hydrogen-bond acceptors (Lipinski definition) is 5. The molecule has 0 bridgehead atoms. The average Bonchev–Trinajstić information content (AvgIpc) is 3.05. The van der Waals surface area contributed by atoms with Gasteiger partial charge in [0.25, 0.3) is 5.91 Å². The highest BCUT2D eigenvalue weighted by Crippen LogP contribution is 2.23. The van der Waals surface area contributed by atoms with Crippen molar-refractivity contribution < 1.29 is 13.9 Å². The number of hydrogen-bond donors (Lipinski definition) is 0. The molecule has 3 aromatic rings. The normalized spacial score (nSPS) is 17.0. The maximum Gasteiger partial charge on any atom is 0.272 e. The van der Waals surface area contributed by atoms with Gasteiger partial charge in [0.05, 0.1) is 33.2 Å². The van der Waals surface area contributed by atoms with Gasteiger partial charge in [-0.05, 0) is 24.3 Å². The lowest BCUT2D eigenvalue weighted by Gasteiger charge is -2.45. The van der Waals surface area contributed by atoms with Crippen molar-refractivity contribution in [1.82, 2.24) is 14.9 Å². The van der Waals surface area contributed by atoms with Crippen LogP contribution in [0.15, 0.2) is 46.9 Å². The van der Waals surface area contributed by atoms with Crippen LogP contribution in [0.2, 0.25) is 0 Å². The molecule has 1 saturated heterocycles. The van der Waals surface area contributed by atoms with E-state index in [1.165, 1.54) is 0 Å². The number of carbonyl (C=O) groups excluding carboxylic acids is 1. The van der Waals surface area contributed by atoms with E-state index in [0.717, 1.165) is 5.52 Å². The van der Waals surface area contributed by atoms with E-state index in [2.05, 4.69) is 9.97 Å². The molecular formula is C18H18N4O3. The molecule has 0 unspecified atom stereocenters. The van der Waals surface area contributed by atoms with Crippen LogP contribution in [0, 0.1) is 5.21 Å². The number of nitrogens with zero attached hydrogens (tertiary/aromatic N) is 4. The Balaban J connectivity index is 1.60. The number of piperazine rings is 1. The second kappa shape index (κ2) is 5.94. The van der Waals surface area contributed by atoms with E-state index >= 15 is 0 Å². The highest BCUT2D eigenvalue weighted by Gasteiger charge is 2.26. The first kappa shape index (κ1) is 15.7. The van der Waals surface area contributed by atoms with Gasteiger partial charge in [0, 0.05) is 0 Å². The van der Waals surface area contributed by atoms with Crippen LogP contribution < -0.4 is 0 Å². The molecule has 0 spiro atoms. The molecule has 0 N–H and O–H groups in total. The predicted octanol–water partition coefficient (Wildman–Crippen LogP) is 2.29. The lowest BCUT2D eigenvalue weighted by atomic mass is 10.2. The van der Waals surface area contributed by atoms with Crippen molar-refractivity contribution in [2.75, 3.05) is 33.2 Å². The molecule has 2 aromatic heterocycles. The Morgan fingerprint density at radius 2 is 1.88 bits per heavy atom. The molecule has 3 heterocycles. The van der Waals surface area contributed by atoms with Crippen LogP contribution >= 0.6 is 0 Å². The highest BCUT2D eigenvalue weighted by atomic mass is 16.5. The minimum absolute atomic E-state index is 0.169. The number of aromatic nitrogens is 2. The maximum absolute atomic E-state index is 12.7. The van der Waals surface area contributed by atoms with Gasteiger partial charge in [0.15, 0.2) is 5.58 Å². The third-order valence-corrected chi connectivity index (χ3v) is 4.45. The Bertz CT molecular complexity index is 892. The van der Waals surface area contributed by atoms with E-state index < -0.39 is 0 Å². The van der Waals surface area contributed by atoms with Gasteiger partial charge in [-0.25, -0.2) is 9.97 Å². The first-order chi connectivity index (χ1) is 12.0. The summed E-state index contributed by atoms with van der Waals surface area (Å²) in [5.74, 6) is 0.218. The molecule has 1 aliphatic heterocycles. The van der Waals surface area contributed by atoms with Crippen LogP contribution in [0.4, 0.5) is 0 Å². The van der Waals surface area contributed by atoms with Crippen molar-refractivity contribution in [1.29, 1.82) is 0 Å². The topological polar surface area (TPSA) is 82.3 Å². The Kier molecular flexibility index (Phi) is 3.74. The minimum atomic E-state index is -0.305. The van der Waals surface area contributed by atoms with Crippen molar-refractivity contribution >= 4 is 17.0 Å². The number of para-hydroxylation sites is 2. The molecule has 7 nitrogen and oxygen atoms in total. The van der Waals surface area contributed by atoms with Gasteiger partial charge in [0.2, 0.25) is 5.89 Å². The third kappa shape index (κ3) is 3.11. The fourth-order valence-electron chi connectivity index (χ4n) is 2.91. The molecule has 128 valence electrons. The molecule has 1 amide bonds. The molecule has 4 rings (SSSR count). The van der Waals surface area contributed by atoms with Crippen LogP contribution in [0.25, 0.3) is 22.7 Å². The Morgan fingerprint density at radius 3 is 2.64 bits per heavy atom. The van der Waals surface area contributed by atoms with E-state index in [1.807, 2.05) is 24.3 Å². The molecule has 0 radical (unpaired) electrons. The number of oxazole rings is 1. The zero-order valence-corrected chi connectivity index (χ0v) is 13.9. The number of quaternary nitrogens is 1. The van der Waals surface area contributed by atoms with Gasteiger partial charge in [-0.3, -0.25) is 4.79 Å². The van der Waals surface area contributed by atoms with Gasteiger partial charge in [-0.15, -0.1) is 0 Å². The second-order valence-corrected chi connectivity index (χ2v) is 6.43. The van der Waals surface area contributed by atoms with Gasteiger partial charge in [0.1, 0.15) is 16.9 Å². The first-order valence-electron chi connectivity index (χ1n) is 8.20. The zero-order chi connectivity index (χ0) is 17.4. The molecule has 1 fully saturated rings. The Morgan fingerprint density at radius 1 is 1.12 bits per heavy atom. The van der Waals surface area contributed by atoms with E-state index in [4.69, 9.17) is 4.42 Å². The Hall–Kier alpha value is -2.77. The van der Waals surface area contributed by atoms with Gasteiger partial charge < -0.3 is 19.2 Å². The third-order valence-electron chi connectivity index (χ3n) is 4.45. The summed E-state index contributed by atoms with van der Waals surface area (Å²) in [6.45, 7) is 1.67. The smallest absolute Gasteiger partial charge is 0.272 e. The number of rotatable bonds is 2. The summed E-state index contributed by atoms with van der Waals surface area (Å²) in [6.07, 6.45) is 0. The maximum atomic E-state index is 12.7. The van der Waals surface area contributed by atoms with Crippen molar-refractivity contribution in [3.63, 3.8) is 0 Å². The molecule has 1 aromatic carbocycles. The van der Waals surface area contributed by atoms with Gasteiger partial charge in [-0.1, -0.05) is 18.2 Å². The fraction of sp³-hybridized carbons (Fsp3) is 0.278. The molecule has 0 aliphatic carbocycles. The second-order valence-electron chi connectivity index (χ2n) is 6.43. The summed E-state index contributed by atoms with van der Waals surface area (Å²) in [5, 5.41) is 11.9. The summed E-state index contributed by atoms with van der Waals surface area (Å²) in [5.41, 5.74) is 2.28. The van der Waals surface area contributed by atoms with Crippen LogP contribution in [-0.2, 0) is 0 Å². The number of amides is 1. The zero-order valence-electron chi connectivity index (χ0n) is 13.9. The summed E-state index contributed by atoms with van der Waals surface area (Å²) < 4.78 is 5.41. The molecule has 25 heavy (non-hydrogen) atoms. The fourth-order valence-corrected chi connectivity index (χ4v) is 2.91. The summed E-state index contributed by atoms with van der Waals surface area (Å²) in [4.78, 5) is 23.2. The molecular weight excluding hydrogens is 320 g/mol. The van der Waals surface area contributed by atoms with E-state index in [1.54, 1.807) is 30.1 Å². The lowest BCUT2D eigenvalue weighted by molar-refractivity contribution is -0.864. The van der Waals surface area contributed by atoms with Crippen LogP contribution in [0.5, 0.6) is 0 Å². The largest absolute Gasteiger partial charge is 0.633 e. The summed E-state index contributed by atoms with van der Waals surface area (Å²) in [7, 11) is 1.63. The first-order valence-corrected chi connectivity index (χ1v) is 8.20. The monoisotopic (exact) mass is 338 g/mol. The van der Waals surface area contributed by atoms with E-state index in [-0.39, 0.29) is 10.6 Å². The van der Waals surface area contributed by atoms with Gasteiger partial charge >= 0.3 is 0 Å². The number of likely N-dealkylation sites (N-methyl/N-ethyl adjacent to an activating group) is 1. The standard InChI is InChI=1S/C18H18N4O3/c1-22(24)11-9-21(10-12-22)18(23)15-7-4-6-14(19-15)17-20-13-5-2-3-8-16(13)25-17/h2-8H,9-12H2,1H3. The number of carbonyl (C=O) groups is 1. The SMILES string of the molecule is C[N+]1([O-])CCN(C(=O)c2cccc(-c3nc4ccccc4o3)n2)CC1. The van der Waals surface area contributed by atoms with E-state index in [0.29, 0.717) is 49.0 Å². The van der Waals surface area contributed by atoms with Crippen molar-refractivity contribution in [3.8, 4) is 11.6 Å². The number of benzene rings is 1. The quantitative estimate of drug-likeness (QED) is 0.529. The van der Waals surface area contributed by atoms with Crippen LogP contribution in [0.1, 0.15) is 10.5 Å². The van der Waals surface area contributed by atoms with Crippen LogP contribution in [-0.4, -0.2) is 58.6 Å². The molecule has 0 atom stereocenters. The predicted molar refractivity (Wildman–Crippen MR) is 92.4 cm³/mol. The number of hydroxylamine groups is 3. The number of pyridine rings is 1. The summed E-state index contributed by atoms with van der Waals surface area (Å²) in [6, 6.07) is 12.7. The van der Waals surface area contributed by atoms with Crippen molar-refractivity contribution in [2.24, 2.45) is 0 Å². The molecule has 7 heteroatoms. The van der Waals surface area contributed by atoms with Crippen molar-refractivity contribution in [3.05, 3.63) is 53.4 Å². The average molecular weight is 338 g/mol.